The van der Waals surface area contributed by atoms with E-state index in [1.165, 1.54) is 18.4 Å². The molecule has 110 valence electrons. The van der Waals surface area contributed by atoms with Crippen molar-refractivity contribution in [3.8, 4) is 11.4 Å². The van der Waals surface area contributed by atoms with Crippen LogP contribution in [0.15, 0.2) is 24.3 Å². The number of nitrogen functional groups attached to an aromatic ring is 1. The van der Waals surface area contributed by atoms with Crippen LogP contribution in [0, 0.1) is 6.92 Å². The minimum absolute atomic E-state index is 0.336. The van der Waals surface area contributed by atoms with Crippen LogP contribution in [-0.4, -0.2) is 9.97 Å². The summed E-state index contributed by atoms with van der Waals surface area (Å²) in [5.41, 5.74) is 7.25. The number of hydrogen-bond donors (Lipinski definition) is 2. The molecule has 0 bridgehead atoms. The molecule has 1 fully saturated rings. The average Bonchev–Trinajstić information content (AvgIpc) is 3.30. The summed E-state index contributed by atoms with van der Waals surface area (Å²) in [7, 11) is 0. The lowest BCUT2D eigenvalue weighted by Gasteiger charge is -2.15. The van der Waals surface area contributed by atoms with Gasteiger partial charge in [-0.3, -0.25) is 0 Å². The molecule has 4 nitrogen and oxygen atoms in total. The van der Waals surface area contributed by atoms with Gasteiger partial charge in [0.1, 0.15) is 5.82 Å². The molecule has 0 saturated heterocycles. The van der Waals surface area contributed by atoms with Gasteiger partial charge in [-0.15, -0.1) is 0 Å². The number of hydrogen-bond acceptors (Lipinski definition) is 4. The van der Waals surface area contributed by atoms with Crippen molar-refractivity contribution in [3.63, 3.8) is 0 Å². The number of nitrogens with zero attached hydrogens (tertiary/aromatic N) is 2. The largest absolute Gasteiger partial charge is 0.308 e. The van der Waals surface area contributed by atoms with Gasteiger partial charge in [0.25, 0.3) is 0 Å². The fraction of sp³-hybridized carbons (Fsp3) is 0.412. The van der Waals surface area contributed by atoms with E-state index in [0.29, 0.717) is 5.92 Å². The van der Waals surface area contributed by atoms with E-state index in [9.17, 15) is 0 Å². The molecule has 0 atom stereocenters. The van der Waals surface area contributed by atoms with E-state index in [1.807, 2.05) is 6.92 Å². The highest BCUT2D eigenvalue weighted by Gasteiger charge is 2.24. The zero-order valence-electron chi connectivity index (χ0n) is 12.9. The van der Waals surface area contributed by atoms with E-state index in [2.05, 4.69) is 53.5 Å². The van der Waals surface area contributed by atoms with Crippen LogP contribution in [0.3, 0.4) is 0 Å². The Hall–Kier alpha value is -1.94. The third-order valence-electron chi connectivity index (χ3n) is 4.04. The first-order valence-corrected chi connectivity index (χ1v) is 7.55. The summed E-state index contributed by atoms with van der Waals surface area (Å²) in [5, 5.41) is 0. The fourth-order valence-corrected chi connectivity index (χ4v) is 2.86. The van der Waals surface area contributed by atoms with E-state index in [1.54, 1.807) is 0 Å². The van der Waals surface area contributed by atoms with Crippen LogP contribution in [0.4, 0.5) is 5.82 Å². The van der Waals surface area contributed by atoms with Gasteiger partial charge in [-0.05, 0) is 43.2 Å². The normalized spacial score (nSPS) is 14.5. The SMILES string of the molecule is Cc1nc(-c2cccc(C3CC3)c2)nc(NN)c1C(C)C. The molecule has 1 aliphatic carbocycles. The Bertz CT molecular complexity index is 660. The van der Waals surface area contributed by atoms with Gasteiger partial charge in [0.15, 0.2) is 5.82 Å². The summed E-state index contributed by atoms with van der Waals surface area (Å²) in [6.07, 6.45) is 2.59. The van der Waals surface area contributed by atoms with E-state index in [-0.39, 0.29) is 0 Å². The fourth-order valence-electron chi connectivity index (χ4n) is 2.86. The van der Waals surface area contributed by atoms with Crippen molar-refractivity contribution in [2.24, 2.45) is 5.84 Å². The van der Waals surface area contributed by atoms with Gasteiger partial charge in [0.2, 0.25) is 0 Å². The van der Waals surface area contributed by atoms with Crippen molar-refractivity contribution in [1.29, 1.82) is 0 Å². The Balaban J connectivity index is 2.06. The molecule has 1 heterocycles. The monoisotopic (exact) mass is 282 g/mol. The number of rotatable bonds is 4. The second kappa shape index (κ2) is 5.45. The zero-order valence-corrected chi connectivity index (χ0v) is 12.9. The van der Waals surface area contributed by atoms with Crippen LogP contribution >= 0.6 is 0 Å². The predicted octanol–water partition coefficient (Wildman–Crippen LogP) is 3.74. The number of hydrazine groups is 1. The van der Waals surface area contributed by atoms with Crippen molar-refractivity contribution in [2.75, 3.05) is 5.43 Å². The molecular formula is C17H22N4. The third kappa shape index (κ3) is 2.76. The van der Waals surface area contributed by atoms with Gasteiger partial charge in [-0.1, -0.05) is 32.0 Å². The first-order chi connectivity index (χ1) is 10.1. The molecule has 0 unspecified atom stereocenters. The summed E-state index contributed by atoms with van der Waals surface area (Å²) < 4.78 is 0. The van der Waals surface area contributed by atoms with Crippen molar-refractivity contribution < 1.29 is 0 Å². The Labute approximate surface area is 125 Å². The van der Waals surface area contributed by atoms with Crippen molar-refractivity contribution >= 4 is 5.82 Å². The van der Waals surface area contributed by atoms with Crippen LogP contribution in [0.5, 0.6) is 0 Å². The quantitative estimate of drug-likeness (QED) is 0.662. The molecule has 1 saturated carbocycles. The van der Waals surface area contributed by atoms with Crippen LogP contribution < -0.4 is 11.3 Å². The van der Waals surface area contributed by atoms with E-state index in [4.69, 9.17) is 5.84 Å². The molecule has 1 aromatic heterocycles. The maximum absolute atomic E-state index is 5.65. The molecule has 1 aliphatic rings. The summed E-state index contributed by atoms with van der Waals surface area (Å²) in [6, 6.07) is 8.56. The second-order valence-electron chi connectivity index (χ2n) is 6.09. The van der Waals surface area contributed by atoms with Crippen LogP contribution in [0.2, 0.25) is 0 Å². The van der Waals surface area contributed by atoms with Gasteiger partial charge in [-0.25, -0.2) is 15.8 Å². The molecule has 3 rings (SSSR count). The van der Waals surface area contributed by atoms with Crippen molar-refractivity contribution in [2.45, 2.75) is 45.4 Å². The molecule has 0 amide bonds. The molecule has 21 heavy (non-hydrogen) atoms. The minimum atomic E-state index is 0.336. The van der Waals surface area contributed by atoms with E-state index in [0.717, 1.165) is 34.4 Å². The highest BCUT2D eigenvalue weighted by atomic mass is 15.3. The first kappa shape index (κ1) is 14.0. The number of nitrogens with two attached hydrogens (primary N) is 1. The molecule has 0 spiro atoms. The van der Waals surface area contributed by atoms with Gasteiger partial charge in [0.05, 0.1) is 0 Å². The molecule has 4 heteroatoms. The zero-order chi connectivity index (χ0) is 15.0. The van der Waals surface area contributed by atoms with Crippen LogP contribution in [0.1, 0.15) is 55.3 Å². The standard InChI is InChI=1S/C17H22N4/c1-10(2)15-11(3)19-16(20-17(15)21-18)14-6-4-5-13(9-14)12-7-8-12/h4-6,9-10,12H,7-8,18H2,1-3H3,(H,19,20,21). The molecular weight excluding hydrogens is 260 g/mol. The minimum Gasteiger partial charge on any atom is -0.308 e. The highest BCUT2D eigenvalue weighted by Crippen LogP contribution is 2.41. The molecule has 2 aromatic rings. The van der Waals surface area contributed by atoms with Gasteiger partial charge < -0.3 is 5.43 Å². The van der Waals surface area contributed by atoms with Crippen LogP contribution in [-0.2, 0) is 0 Å². The van der Waals surface area contributed by atoms with E-state index >= 15 is 0 Å². The molecule has 0 aliphatic heterocycles. The third-order valence-corrected chi connectivity index (χ3v) is 4.04. The average molecular weight is 282 g/mol. The van der Waals surface area contributed by atoms with Crippen LogP contribution in [0.25, 0.3) is 11.4 Å². The van der Waals surface area contributed by atoms with E-state index < -0.39 is 0 Å². The summed E-state index contributed by atoms with van der Waals surface area (Å²) in [4.78, 5) is 9.30. The summed E-state index contributed by atoms with van der Waals surface area (Å²) in [6.45, 7) is 6.27. The maximum atomic E-state index is 5.65. The Kier molecular flexibility index (Phi) is 3.64. The Morgan fingerprint density at radius 1 is 1.24 bits per heavy atom. The molecule has 1 aromatic carbocycles. The Morgan fingerprint density at radius 2 is 2.00 bits per heavy atom. The number of nitrogens with one attached hydrogen (secondary N) is 1. The Morgan fingerprint density at radius 3 is 2.62 bits per heavy atom. The number of anilines is 1. The van der Waals surface area contributed by atoms with Crippen molar-refractivity contribution in [1.82, 2.24) is 9.97 Å². The predicted molar refractivity (Wildman–Crippen MR) is 86.1 cm³/mol. The lowest BCUT2D eigenvalue weighted by atomic mass is 10.0. The number of benzene rings is 1. The van der Waals surface area contributed by atoms with Gasteiger partial charge in [-0.2, -0.15) is 0 Å². The summed E-state index contributed by atoms with van der Waals surface area (Å²) in [5.74, 6) is 8.19. The smallest absolute Gasteiger partial charge is 0.161 e. The summed E-state index contributed by atoms with van der Waals surface area (Å²) >= 11 is 0. The van der Waals surface area contributed by atoms with Crippen molar-refractivity contribution in [3.05, 3.63) is 41.1 Å². The lowest BCUT2D eigenvalue weighted by Crippen LogP contribution is -2.14. The maximum Gasteiger partial charge on any atom is 0.161 e. The highest BCUT2D eigenvalue weighted by molar-refractivity contribution is 5.61. The lowest BCUT2D eigenvalue weighted by molar-refractivity contribution is 0.831. The van der Waals surface area contributed by atoms with Gasteiger partial charge >= 0.3 is 0 Å². The number of aromatic nitrogens is 2. The second-order valence-corrected chi connectivity index (χ2v) is 6.09. The molecule has 3 N–H and O–H groups in total. The number of aryl methyl sites for hydroxylation is 1. The van der Waals surface area contributed by atoms with Gasteiger partial charge in [0, 0.05) is 16.8 Å². The topological polar surface area (TPSA) is 63.8 Å². The molecule has 0 radical (unpaired) electrons. The first-order valence-electron chi connectivity index (χ1n) is 7.55.